The third-order valence-electron chi connectivity index (χ3n) is 2.17. The Hall–Kier alpha value is -1.03. The smallest absolute Gasteiger partial charge is 0.263 e. The normalized spacial score (nSPS) is 11.5. The maximum Gasteiger partial charge on any atom is 0.263 e. The quantitative estimate of drug-likeness (QED) is 0.870. The van der Waals surface area contributed by atoms with Gasteiger partial charge >= 0.3 is 0 Å². The fraction of sp³-hybridized carbons (Fsp3) is 0.100. The van der Waals surface area contributed by atoms with Gasteiger partial charge in [0.05, 0.1) is 22.3 Å². The highest BCUT2D eigenvalue weighted by Crippen LogP contribution is 2.33. The third-order valence-corrected chi connectivity index (χ3v) is 5.77. The topological polar surface area (TPSA) is 79.3 Å². The number of hydrogen-bond donors (Lipinski definition) is 2. The maximum absolute atomic E-state index is 13.4. The molecular weight excluding hydrogens is 359 g/mol. The van der Waals surface area contributed by atoms with E-state index in [-0.39, 0.29) is 17.2 Å². The van der Waals surface area contributed by atoms with Crippen molar-refractivity contribution in [3.05, 3.63) is 39.0 Å². The number of aliphatic hydroxyl groups is 1. The number of hydrogen-bond acceptors (Lipinski definition) is 5. The molecule has 0 unspecified atom stereocenters. The lowest BCUT2D eigenvalue weighted by atomic mass is 10.4. The summed E-state index contributed by atoms with van der Waals surface area (Å²) in [5, 5.41) is 8.98. The van der Waals surface area contributed by atoms with Crippen molar-refractivity contribution >= 4 is 43.0 Å². The van der Waals surface area contributed by atoms with E-state index in [1.54, 1.807) is 0 Å². The molecule has 5 nitrogen and oxygen atoms in total. The maximum atomic E-state index is 13.4. The Morgan fingerprint density at radius 2 is 2.26 bits per heavy atom. The summed E-state index contributed by atoms with van der Waals surface area (Å²) in [6.45, 7) is -0.262. The zero-order chi connectivity index (χ0) is 14.0. The molecule has 2 heterocycles. The van der Waals surface area contributed by atoms with Crippen LogP contribution in [0.25, 0.3) is 0 Å². The second-order valence-corrected chi connectivity index (χ2v) is 7.58. The first-order valence-electron chi connectivity index (χ1n) is 4.95. The van der Waals surface area contributed by atoms with Gasteiger partial charge in [-0.1, -0.05) is 0 Å². The number of halogens is 2. The number of nitrogens with one attached hydrogen (secondary N) is 1. The third kappa shape index (κ3) is 3.11. The van der Waals surface area contributed by atoms with Crippen LogP contribution in [0.3, 0.4) is 0 Å². The van der Waals surface area contributed by atoms with Gasteiger partial charge in [-0.25, -0.2) is 12.8 Å². The van der Waals surface area contributed by atoms with E-state index >= 15 is 0 Å². The van der Waals surface area contributed by atoms with Crippen LogP contribution in [0.1, 0.15) is 4.88 Å². The van der Waals surface area contributed by atoms with Crippen LogP contribution in [0.2, 0.25) is 0 Å². The molecule has 0 amide bonds. The lowest BCUT2D eigenvalue weighted by Gasteiger charge is -2.07. The molecule has 2 aromatic rings. The van der Waals surface area contributed by atoms with E-state index in [9.17, 15) is 12.8 Å². The van der Waals surface area contributed by atoms with Crippen molar-refractivity contribution in [1.29, 1.82) is 0 Å². The van der Waals surface area contributed by atoms with Crippen LogP contribution in [0, 0.1) is 5.82 Å². The molecule has 19 heavy (non-hydrogen) atoms. The number of nitrogens with zero attached hydrogens (tertiary/aromatic N) is 1. The molecule has 0 atom stereocenters. The van der Waals surface area contributed by atoms with Crippen LogP contribution in [-0.2, 0) is 16.6 Å². The first-order valence-corrected chi connectivity index (χ1v) is 8.04. The minimum Gasteiger partial charge on any atom is -0.391 e. The van der Waals surface area contributed by atoms with Gasteiger partial charge in [-0.2, -0.15) is 0 Å². The molecule has 102 valence electrons. The van der Waals surface area contributed by atoms with Gasteiger partial charge in [0.15, 0.2) is 5.82 Å². The van der Waals surface area contributed by atoms with Crippen molar-refractivity contribution in [1.82, 2.24) is 4.98 Å². The molecule has 2 aromatic heterocycles. The lowest BCUT2D eigenvalue weighted by Crippen LogP contribution is -2.13. The van der Waals surface area contributed by atoms with E-state index in [0.717, 1.165) is 17.5 Å². The average molecular weight is 367 g/mol. The van der Waals surface area contributed by atoms with E-state index in [4.69, 9.17) is 5.11 Å². The second kappa shape index (κ2) is 5.53. The van der Waals surface area contributed by atoms with Crippen LogP contribution in [-0.4, -0.2) is 18.5 Å². The minimum atomic E-state index is -3.92. The standard InChI is InChI=1S/C10H8BrFN2O3S2/c11-10-9(3-6(5-15)18-10)19(16,17)14-8-1-2-13-4-7(8)12/h1-4,15H,5H2,(H,13,14). The first-order chi connectivity index (χ1) is 8.94. The van der Waals surface area contributed by atoms with Crippen molar-refractivity contribution in [2.24, 2.45) is 0 Å². The highest BCUT2D eigenvalue weighted by Gasteiger charge is 2.22. The Morgan fingerprint density at radius 3 is 2.84 bits per heavy atom. The summed E-state index contributed by atoms with van der Waals surface area (Å²) in [5.41, 5.74) is -0.182. The Labute approximate surface area is 121 Å². The van der Waals surface area contributed by atoms with Gasteiger partial charge in [0, 0.05) is 11.1 Å². The number of sulfonamides is 1. The van der Waals surface area contributed by atoms with Gasteiger partial charge in [0.2, 0.25) is 0 Å². The van der Waals surface area contributed by atoms with Crippen molar-refractivity contribution in [3.8, 4) is 0 Å². The Kier molecular flexibility index (Phi) is 4.19. The van der Waals surface area contributed by atoms with Crippen molar-refractivity contribution in [2.75, 3.05) is 4.72 Å². The molecule has 0 spiro atoms. The molecule has 0 aromatic carbocycles. The highest BCUT2D eigenvalue weighted by atomic mass is 79.9. The fourth-order valence-electron chi connectivity index (χ4n) is 1.32. The van der Waals surface area contributed by atoms with E-state index in [1.807, 2.05) is 0 Å². The highest BCUT2D eigenvalue weighted by molar-refractivity contribution is 9.11. The summed E-state index contributed by atoms with van der Waals surface area (Å²) >= 11 is 4.21. The fourth-order valence-corrected chi connectivity index (χ4v) is 4.93. The Morgan fingerprint density at radius 1 is 1.53 bits per heavy atom. The van der Waals surface area contributed by atoms with Crippen molar-refractivity contribution < 1.29 is 17.9 Å². The second-order valence-electron chi connectivity index (χ2n) is 3.47. The molecule has 0 saturated carbocycles. The van der Waals surface area contributed by atoms with Crippen LogP contribution < -0.4 is 4.72 Å². The molecular formula is C10H8BrFN2O3S2. The largest absolute Gasteiger partial charge is 0.391 e. The van der Waals surface area contributed by atoms with Gasteiger partial charge in [0.25, 0.3) is 10.0 Å². The Bertz CT molecular complexity index is 703. The van der Waals surface area contributed by atoms with E-state index in [2.05, 4.69) is 25.6 Å². The lowest BCUT2D eigenvalue weighted by molar-refractivity contribution is 0.285. The Balaban J connectivity index is 2.38. The predicted octanol–water partition coefficient (Wildman–Crippen LogP) is 2.34. The zero-order valence-corrected chi connectivity index (χ0v) is 12.5. The van der Waals surface area contributed by atoms with Gasteiger partial charge in [-0.05, 0) is 28.1 Å². The van der Waals surface area contributed by atoms with E-state index in [0.29, 0.717) is 8.66 Å². The molecule has 0 aliphatic carbocycles. The van der Waals surface area contributed by atoms with Gasteiger partial charge in [-0.15, -0.1) is 11.3 Å². The van der Waals surface area contributed by atoms with Crippen molar-refractivity contribution in [3.63, 3.8) is 0 Å². The summed E-state index contributed by atoms with van der Waals surface area (Å²) in [4.78, 5) is 3.98. The van der Waals surface area contributed by atoms with Gasteiger partial charge in [-0.3, -0.25) is 9.71 Å². The zero-order valence-electron chi connectivity index (χ0n) is 9.30. The average Bonchev–Trinajstić information content (AvgIpc) is 2.74. The summed E-state index contributed by atoms with van der Waals surface area (Å²) in [5.74, 6) is -0.764. The number of thiophene rings is 1. The van der Waals surface area contributed by atoms with Crippen LogP contribution in [0.4, 0.5) is 10.1 Å². The van der Waals surface area contributed by atoms with Crippen LogP contribution >= 0.6 is 27.3 Å². The summed E-state index contributed by atoms with van der Waals surface area (Å²) in [6.07, 6.45) is 2.20. The van der Waals surface area contributed by atoms with Crippen LogP contribution in [0.15, 0.2) is 33.2 Å². The SMILES string of the molecule is O=S(=O)(Nc1ccncc1F)c1cc(CO)sc1Br. The molecule has 0 fully saturated rings. The molecule has 0 aliphatic heterocycles. The minimum absolute atomic E-state index is 0.0437. The molecule has 0 saturated heterocycles. The first kappa shape index (κ1) is 14.4. The van der Waals surface area contributed by atoms with E-state index < -0.39 is 15.8 Å². The number of pyridine rings is 1. The molecule has 0 radical (unpaired) electrons. The number of rotatable bonds is 4. The van der Waals surface area contributed by atoms with Gasteiger partial charge < -0.3 is 5.11 Å². The number of anilines is 1. The monoisotopic (exact) mass is 366 g/mol. The predicted molar refractivity (Wildman–Crippen MR) is 72.9 cm³/mol. The molecule has 2 rings (SSSR count). The molecule has 0 aliphatic rings. The van der Waals surface area contributed by atoms with E-state index in [1.165, 1.54) is 18.3 Å². The number of aliphatic hydroxyl groups excluding tert-OH is 1. The van der Waals surface area contributed by atoms with Gasteiger partial charge in [0.1, 0.15) is 4.90 Å². The summed E-state index contributed by atoms with van der Waals surface area (Å²) in [7, 11) is -3.92. The molecule has 2 N–H and O–H groups in total. The number of aromatic nitrogens is 1. The summed E-state index contributed by atoms with van der Waals surface area (Å²) in [6, 6.07) is 2.55. The summed E-state index contributed by atoms with van der Waals surface area (Å²) < 4.78 is 40.0. The van der Waals surface area contributed by atoms with Crippen molar-refractivity contribution in [2.45, 2.75) is 11.5 Å². The van der Waals surface area contributed by atoms with Crippen LogP contribution in [0.5, 0.6) is 0 Å². The molecule has 0 bridgehead atoms. The molecule has 9 heteroatoms.